The first kappa shape index (κ1) is 8.37. The second kappa shape index (κ2) is 5.51. The summed E-state index contributed by atoms with van der Waals surface area (Å²) in [6.07, 6.45) is 3.88. The Kier molecular flexibility index (Phi) is 5.12. The molecule has 2 nitrogen and oxygen atoms in total. The van der Waals surface area contributed by atoms with Gasteiger partial charge in [0, 0.05) is 14.2 Å². The Balaban J connectivity index is 3.70. The van der Waals surface area contributed by atoms with Gasteiger partial charge in [-0.15, -0.1) is 0 Å². The van der Waals surface area contributed by atoms with Crippen LogP contribution in [0.25, 0.3) is 0 Å². The zero-order valence-electron chi connectivity index (χ0n) is 6.22. The van der Waals surface area contributed by atoms with Crippen LogP contribution in [0.4, 0.5) is 0 Å². The van der Waals surface area contributed by atoms with E-state index in [2.05, 4.69) is 4.99 Å². The molecule has 0 aliphatic rings. The highest BCUT2D eigenvalue weighted by molar-refractivity contribution is 5.95. The van der Waals surface area contributed by atoms with Crippen molar-refractivity contribution in [3.05, 3.63) is 12.2 Å². The normalized spacial score (nSPS) is 13.0. The molecule has 0 aromatic rings. The minimum Gasteiger partial charge on any atom is -0.378 e. The minimum atomic E-state index is 0.598. The molecular weight excluding hydrogens is 114 g/mol. The monoisotopic (exact) mass is 127 g/mol. The fourth-order valence-electron chi connectivity index (χ4n) is 0.527. The number of hydrogen-bond acceptors (Lipinski definition) is 2. The Morgan fingerprint density at radius 2 is 2.33 bits per heavy atom. The number of methoxy groups -OCH3 is 1. The van der Waals surface area contributed by atoms with E-state index in [9.17, 15) is 0 Å². The average Bonchev–Trinajstić information content (AvgIpc) is 1.88. The van der Waals surface area contributed by atoms with Crippen LogP contribution in [0.3, 0.4) is 0 Å². The molecule has 0 fully saturated rings. The SMILES string of the molecule is C/C=C\C(COC)=NC. The summed E-state index contributed by atoms with van der Waals surface area (Å²) in [5.74, 6) is 0. The van der Waals surface area contributed by atoms with Crippen LogP contribution in [0, 0.1) is 0 Å². The highest BCUT2D eigenvalue weighted by atomic mass is 16.5. The second-order valence-corrected chi connectivity index (χ2v) is 1.65. The van der Waals surface area contributed by atoms with Crippen molar-refractivity contribution in [3.8, 4) is 0 Å². The highest BCUT2D eigenvalue weighted by Crippen LogP contribution is 1.81. The first-order valence-electron chi connectivity index (χ1n) is 2.92. The minimum absolute atomic E-state index is 0.598. The Hall–Kier alpha value is -0.630. The third-order valence-electron chi connectivity index (χ3n) is 0.938. The van der Waals surface area contributed by atoms with E-state index in [0.717, 1.165) is 5.71 Å². The van der Waals surface area contributed by atoms with Crippen LogP contribution in [-0.2, 0) is 4.74 Å². The van der Waals surface area contributed by atoms with Gasteiger partial charge < -0.3 is 4.74 Å². The standard InChI is InChI=1S/C7H13NO/c1-4-5-7(8-2)6-9-3/h4-5H,6H2,1-3H3/b5-4-,8-7?. The molecular formula is C7H13NO. The van der Waals surface area contributed by atoms with Crippen LogP contribution in [0.2, 0.25) is 0 Å². The number of aliphatic imine (C=N–C) groups is 1. The molecule has 0 heterocycles. The van der Waals surface area contributed by atoms with Crippen molar-refractivity contribution in [2.24, 2.45) is 4.99 Å². The maximum atomic E-state index is 4.87. The maximum absolute atomic E-state index is 4.87. The van der Waals surface area contributed by atoms with Gasteiger partial charge >= 0.3 is 0 Å². The van der Waals surface area contributed by atoms with Crippen molar-refractivity contribution < 1.29 is 4.74 Å². The van der Waals surface area contributed by atoms with E-state index in [1.165, 1.54) is 0 Å². The molecule has 9 heavy (non-hydrogen) atoms. The van der Waals surface area contributed by atoms with Crippen molar-refractivity contribution >= 4 is 5.71 Å². The molecule has 0 unspecified atom stereocenters. The molecule has 0 rings (SSSR count). The van der Waals surface area contributed by atoms with Crippen molar-refractivity contribution in [2.45, 2.75) is 6.92 Å². The van der Waals surface area contributed by atoms with Crippen LogP contribution < -0.4 is 0 Å². The maximum Gasteiger partial charge on any atom is 0.0879 e. The van der Waals surface area contributed by atoms with Gasteiger partial charge in [0.15, 0.2) is 0 Å². The third kappa shape index (κ3) is 3.91. The Morgan fingerprint density at radius 3 is 2.67 bits per heavy atom. The first-order valence-corrected chi connectivity index (χ1v) is 2.92. The first-order chi connectivity index (χ1) is 4.35. The third-order valence-corrected chi connectivity index (χ3v) is 0.938. The summed E-state index contributed by atoms with van der Waals surface area (Å²) in [6, 6.07) is 0. The molecule has 0 atom stereocenters. The zero-order chi connectivity index (χ0) is 7.11. The van der Waals surface area contributed by atoms with Gasteiger partial charge in [0.2, 0.25) is 0 Å². The van der Waals surface area contributed by atoms with E-state index >= 15 is 0 Å². The van der Waals surface area contributed by atoms with Crippen LogP contribution in [0.5, 0.6) is 0 Å². The van der Waals surface area contributed by atoms with Crippen molar-refractivity contribution in [1.29, 1.82) is 0 Å². The van der Waals surface area contributed by atoms with E-state index < -0.39 is 0 Å². The summed E-state index contributed by atoms with van der Waals surface area (Å²) in [7, 11) is 3.42. The molecule has 0 saturated carbocycles. The zero-order valence-corrected chi connectivity index (χ0v) is 6.22. The molecule has 0 spiro atoms. The Labute approximate surface area is 56.2 Å². The van der Waals surface area contributed by atoms with Crippen LogP contribution in [0.1, 0.15) is 6.92 Å². The second-order valence-electron chi connectivity index (χ2n) is 1.65. The van der Waals surface area contributed by atoms with E-state index in [0.29, 0.717) is 6.61 Å². The molecule has 0 aliphatic heterocycles. The van der Waals surface area contributed by atoms with Crippen LogP contribution >= 0.6 is 0 Å². The number of rotatable bonds is 3. The van der Waals surface area contributed by atoms with Gasteiger partial charge in [0.1, 0.15) is 0 Å². The fourth-order valence-corrected chi connectivity index (χ4v) is 0.527. The Bertz CT molecular complexity index is 116. The molecule has 0 aliphatic carbocycles. The van der Waals surface area contributed by atoms with E-state index in [1.54, 1.807) is 14.2 Å². The summed E-state index contributed by atoms with van der Waals surface area (Å²) < 4.78 is 4.87. The predicted molar refractivity (Wildman–Crippen MR) is 40.0 cm³/mol. The lowest BCUT2D eigenvalue weighted by Crippen LogP contribution is -2.02. The average molecular weight is 127 g/mol. The molecule has 0 aromatic heterocycles. The topological polar surface area (TPSA) is 21.6 Å². The summed E-state index contributed by atoms with van der Waals surface area (Å²) in [5.41, 5.74) is 0.972. The van der Waals surface area contributed by atoms with Gasteiger partial charge in [-0.05, 0) is 13.0 Å². The van der Waals surface area contributed by atoms with Crippen LogP contribution in [0.15, 0.2) is 17.1 Å². The lowest BCUT2D eigenvalue weighted by Gasteiger charge is -1.94. The summed E-state index contributed by atoms with van der Waals surface area (Å²) >= 11 is 0. The van der Waals surface area contributed by atoms with Gasteiger partial charge in [-0.3, -0.25) is 4.99 Å². The van der Waals surface area contributed by atoms with E-state index in [-0.39, 0.29) is 0 Å². The number of allylic oxidation sites excluding steroid dienone is 1. The molecule has 2 heteroatoms. The van der Waals surface area contributed by atoms with Gasteiger partial charge in [-0.25, -0.2) is 0 Å². The largest absolute Gasteiger partial charge is 0.378 e. The predicted octanol–water partition coefficient (Wildman–Crippen LogP) is 1.28. The number of hydrogen-bond donors (Lipinski definition) is 0. The highest BCUT2D eigenvalue weighted by Gasteiger charge is 1.87. The van der Waals surface area contributed by atoms with E-state index in [4.69, 9.17) is 4.74 Å². The molecule has 0 amide bonds. The molecule has 0 N–H and O–H groups in total. The molecule has 52 valence electrons. The summed E-state index contributed by atoms with van der Waals surface area (Å²) in [4.78, 5) is 3.97. The molecule has 0 aromatic carbocycles. The van der Waals surface area contributed by atoms with Crippen molar-refractivity contribution in [3.63, 3.8) is 0 Å². The fraction of sp³-hybridized carbons (Fsp3) is 0.571. The Morgan fingerprint density at radius 1 is 1.67 bits per heavy atom. The molecule has 0 saturated heterocycles. The molecule has 0 bridgehead atoms. The summed E-state index contributed by atoms with van der Waals surface area (Å²) in [5, 5.41) is 0. The summed E-state index contributed by atoms with van der Waals surface area (Å²) in [6.45, 7) is 2.56. The van der Waals surface area contributed by atoms with E-state index in [1.807, 2.05) is 19.1 Å². The van der Waals surface area contributed by atoms with Gasteiger partial charge in [0.05, 0.1) is 12.3 Å². The van der Waals surface area contributed by atoms with Crippen molar-refractivity contribution in [1.82, 2.24) is 0 Å². The van der Waals surface area contributed by atoms with Gasteiger partial charge in [-0.1, -0.05) is 6.08 Å². The smallest absolute Gasteiger partial charge is 0.0879 e. The van der Waals surface area contributed by atoms with Gasteiger partial charge in [-0.2, -0.15) is 0 Å². The van der Waals surface area contributed by atoms with Gasteiger partial charge in [0.25, 0.3) is 0 Å². The van der Waals surface area contributed by atoms with Crippen molar-refractivity contribution in [2.75, 3.05) is 20.8 Å². The van der Waals surface area contributed by atoms with Crippen LogP contribution in [-0.4, -0.2) is 26.5 Å². The molecule has 0 radical (unpaired) electrons. The number of nitrogens with zero attached hydrogens (tertiary/aromatic N) is 1. The number of ether oxygens (including phenoxy) is 1. The lowest BCUT2D eigenvalue weighted by atomic mass is 10.3. The lowest BCUT2D eigenvalue weighted by molar-refractivity contribution is 0.246. The quantitative estimate of drug-likeness (QED) is 0.523.